The molecule has 3 aliphatic carbocycles. The highest BCUT2D eigenvalue weighted by Gasteiger charge is 2.46. The molecule has 7 aliphatic rings. The number of likely N-dealkylation sites (tertiary alicyclic amines) is 4. The number of nitrogens with two attached hydrogens (primary N) is 4. The largest absolute Gasteiger partial charge is 0.341 e. The van der Waals surface area contributed by atoms with Crippen LogP contribution in [0.15, 0.2) is 97.0 Å². The topological polar surface area (TPSA) is 365 Å². The smallest absolute Gasteiger partial charge is 0.267 e. The molecule has 8 heterocycles. The van der Waals surface area contributed by atoms with E-state index in [1.807, 2.05) is 73.0 Å². The molecule has 574 valence electrons. The number of aryl methyl sites for hydroxylation is 4. The Morgan fingerprint density at radius 2 is 0.889 bits per heavy atom. The van der Waals surface area contributed by atoms with E-state index in [-0.39, 0.29) is 71.5 Å². The van der Waals surface area contributed by atoms with Crippen LogP contribution in [0, 0.1) is 68.4 Å². The Morgan fingerprint density at radius 3 is 1.31 bits per heavy atom. The van der Waals surface area contributed by atoms with Gasteiger partial charge in [-0.25, -0.2) is 17.6 Å². The zero-order chi connectivity index (χ0) is 76.7. The van der Waals surface area contributed by atoms with Crippen molar-refractivity contribution in [1.29, 1.82) is 5.26 Å². The molecule has 4 aromatic carbocycles. The number of amides is 4. The number of nitriles is 1. The van der Waals surface area contributed by atoms with Crippen molar-refractivity contribution < 1.29 is 54.8 Å². The average Bonchev–Trinajstić information content (AvgIpc) is 1.66. The van der Waals surface area contributed by atoms with E-state index < -0.39 is 72.1 Å². The first-order chi connectivity index (χ1) is 51.8. The maximum absolute atomic E-state index is 14.3. The second-order valence-corrected chi connectivity index (χ2v) is 30.5. The SMILES string of the molecule is Cc1ccc(-c2noc([C@@H](C)[C@H](N)C(=O)N3CCC[C@H]3C#N)n2)c(Cl)c1.Cc1ccc(-c2noc([C@@H](CC3CC3)[C@H](N)C(=O)N3CCC(F)(F)C3)n2)c(F)c1.Cc1ccc(-c2noc([C@@H](CC3CC3)[C@H](N)C(=O)N3CCCC3)n2)c(F)c1.Cc1ccc(-c2noc([C@@H](CC3CC3)[C@H](N)C(=O)N3CCCC3)n2)cc1. The fraction of sp³-hybridized carbons (Fsp3) is 0.526. The molecule has 15 rings (SSSR count). The van der Waals surface area contributed by atoms with Crippen LogP contribution in [0.3, 0.4) is 0 Å². The molecule has 8 aromatic rings. The number of carbonyl (C=O) groups is 4. The van der Waals surface area contributed by atoms with E-state index >= 15 is 0 Å². The molecule has 4 saturated heterocycles. The number of aromatic nitrogens is 8. The van der Waals surface area contributed by atoms with E-state index in [9.17, 15) is 36.7 Å². The van der Waals surface area contributed by atoms with Crippen molar-refractivity contribution in [3.63, 3.8) is 0 Å². The molecule has 0 spiro atoms. The number of nitrogens with zero attached hydrogens (tertiary/aromatic N) is 13. The van der Waals surface area contributed by atoms with Gasteiger partial charge in [0.25, 0.3) is 5.92 Å². The van der Waals surface area contributed by atoms with Crippen LogP contribution in [0.2, 0.25) is 5.02 Å². The van der Waals surface area contributed by atoms with Crippen LogP contribution in [-0.4, -0.2) is 166 Å². The summed E-state index contributed by atoms with van der Waals surface area (Å²) in [6.45, 7) is 12.4. The Kier molecular flexibility index (Phi) is 25.0. The maximum atomic E-state index is 14.3. The van der Waals surface area contributed by atoms with Gasteiger partial charge in [0.15, 0.2) is 0 Å². The highest BCUT2D eigenvalue weighted by atomic mass is 35.5. The van der Waals surface area contributed by atoms with Gasteiger partial charge in [0.2, 0.25) is 70.5 Å². The highest BCUT2D eigenvalue weighted by Crippen LogP contribution is 2.44. The van der Waals surface area contributed by atoms with E-state index in [4.69, 9.17) is 57.9 Å². The van der Waals surface area contributed by atoms with Gasteiger partial charge < -0.3 is 60.6 Å². The summed E-state index contributed by atoms with van der Waals surface area (Å²) in [6, 6.07) is 21.6. The zero-order valence-corrected chi connectivity index (χ0v) is 62.2. The summed E-state index contributed by atoms with van der Waals surface area (Å²) in [5.41, 5.74) is 30.9. The third-order valence-corrected chi connectivity index (χ3v) is 21.7. The van der Waals surface area contributed by atoms with E-state index in [0.717, 1.165) is 124 Å². The van der Waals surface area contributed by atoms with Gasteiger partial charge in [-0.3, -0.25) is 19.2 Å². The zero-order valence-electron chi connectivity index (χ0n) is 61.5. The molecule has 30 heteroatoms. The van der Waals surface area contributed by atoms with E-state index in [1.165, 1.54) is 35.4 Å². The molecule has 3 saturated carbocycles. The minimum atomic E-state index is -2.89. The van der Waals surface area contributed by atoms with Gasteiger partial charge in [0.05, 0.1) is 76.6 Å². The number of halogens is 5. The molecule has 4 aliphatic heterocycles. The molecule has 0 bridgehead atoms. The average molecular weight is 1510 g/mol. The summed E-state index contributed by atoms with van der Waals surface area (Å²) < 4.78 is 77.2. The van der Waals surface area contributed by atoms with Gasteiger partial charge in [-0.15, -0.1) is 0 Å². The standard InChI is InChI=1S/C20H23F3N4O2.C20H25FN4O2.C20H26N4O2.C18H20ClN5O2/c1-11-2-5-13(15(21)8-11)17-25-18(29-26-17)14(9-12-3-4-12)16(24)19(28)27-7-6-20(22,23)10-27;1-12-4-7-14(16(21)10-12)18-23-19(27-24-18)15(11-13-5-6-13)17(22)20(26)25-8-2-3-9-25;1-13-4-8-15(9-5-13)18-22-19(26-23-18)16(12-14-6-7-14)17(21)20(25)24-10-2-3-11-24;1-10-5-6-13(14(19)8-10)16-22-17(26-23-16)11(2)15(21)18(25)24-7-3-4-12(24)9-20/h2,5,8,12,14,16H,3-4,6-7,9-10,24H2,1H3;4,7,10,13,15,17H,2-3,5-6,8-9,11,22H2,1H3;4-5,8-9,14,16-17H,2-3,6-7,10-12,21H2,1H3;5-6,8,11-12,15H,3-4,7,21H2,1-2H3/t14-,16-;15-,17-;16-,17-;11-,12-,15-/m0000/s1. The van der Waals surface area contributed by atoms with Gasteiger partial charge >= 0.3 is 0 Å². The van der Waals surface area contributed by atoms with Crippen molar-refractivity contribution in [2.45, 2.75) is 197 Å². The van der Waals surface area contributed by atoms with Gasteiger partial charge in [0.1, 0.15) is 17.7 Å². The quantitative estimate of drug-likeness (QED) is 0.0458. The minimum absolute atomic E-state index is 0.0169. The Morgan fingerprint density at radius 1 is 0.500 bits per heavy atom. The molecule has 9 atom stereocenters. The summed E-state index contributed by atoms with van der Waals surface area (Å²) in [5, 5.41) is 25.6. The second-order valence-electron chi connectivity index (χ2n) is 30.1. The molecule has 0 unspecified atom stereocenters. The third kappa shape index (κ3) is 19.4. The first kappa shape index (κ1) is 78.2. The molecule has 8 N–H and O–H groups in total. The van der Waals surface area contributed by atoms with Gasteiger partial charge in [-0.1, -0.05) is 126 Å². The number of rotatable bonds is 22. The molecule has 0 radical (unpaired) electrons. The van der Waals surface area contributed by atoms with Crippen molar-refractivity contribution >= 4 is 35.2 Å². The van der Waals surface area contributed by atoms with Crippen molar-refractivity contribution in [2.75, 3.05) is 45.8 Å². The first-order valence-corrected chi connectivity index (χ1v) is 37.9. The molecule has 7 fully saturated rings. The predicted octanol–water partition coefficient (Wildman–Crippen LogP) is 11.8. The highest BCUT2D eigenvalue weighted by molar-refractivity contribution is 6.33. The van der Waals surface area contributed by atoms with Crippen LogP contribution < -0.4 is 22.9 Å². The van der Waals surface area contributed by atoms with E-state index in [1.54, 1.807) is 38.1 Å². The summed E-state index contributed by atoms with van der Waals surface area (Å²) in [6.07, 6.45) is 14.1. The number of hydrogen-bond acceptors (Lipinski definition) is 21. The number of alkyl halides is 2. The Labute approximate surface area is 629 Å². The molecular formula is C78H94ClF4N17O8. The van der Waals surface area contributed by atoms with Crippen LogP contribution >= 0.6 is 11.6 Å². The van der Waals surface area contributed by atoms with Crippen LogP contribution in [0.5, 0.6) is 0 Å². The lowest BCUT2D eigenvalue weighted by Crippen LogP contribution is -2.48. The van der Waals surface area contributed by atoms with Crippen molar-refractivity contribution in [1.82, 2.24) is 60.2 Å². The summed E-state index contributed by atoms with van der Waals surface area (Å²) in [7, 11) is 0. The lowest BCUT2D eigenvalue weighted by molar-refractivity contribution is -0.134. The van der Waals surface area contributed by atoms with Crippen LogP contribution in [0.1, 0.15) is 179 Å². The number of carbonyl (C=O) groups excluding carboxylic acids is 4. The lowest BCUT2D eigenvalue weighted by Gasteiger charge is -2.25. The normalized spacial score (nSPS) is 19.7. The van der Waals surface area contributed by atoms with Crippen molar-refractivity contribution in [3.05, 3.63) is 141 Å². The van der Waals surface area contributed by atoms with E-state index in [2.05, 4.69) is 46.6 Å². The minimum Gasteiger partial charge on any atom is -0.341 e. The fourth-order valence-electron chi connectivity index (χ4n) is 14.1. The lowest BCUT2D eigenvalue weighted by atomic mass is 9.93. The van der Waals surface area contributed by atoms with Crippen molar-refractivity contribution in [3.8, 4) is 51.6 Å². The fourth-order valence-corrected chi connectivity index (χ4v) is 14.5. The Hall–Kier alpha value is -9.34. The maximum Gasteiger partial charge on any atom is 0.267 e. The molecule has 4 aromatic heterocycles. The van der Waals surface area contributed by atoms with Gasteiger partial charge in [-0.2, -0.15) is 25.2 Å². The molecule has 108 heavy (non-hydrogen) atoms. The van der Waals surface area contributed by atoms with E-state index in [0.29, 0.717) is 76.7 Å². The van der Waals surface area contributed by atoms with Crippen LogP contribution in [0.4, 0.5) is 17.6 Å². The molecular weight excluding hydrogens is 1410 g/mol. The van der Waals surface area contributed by atoms with Gasteiger partial charge in [-0.05, 0) is 156 Å². The van der Waals surface area contributed by atoms with Gasteiger partial charge in [0, 0.05) is 56.8 Å². The Bertz CT molecular complexity index is 4480. The third-order valence-electron chi connectivity index (χ3n) is 21.3. The molecule has 25 nitrogen and oxygen atoms in total. The second kappa shape index (κ2) is 34.5. The first-order valence-electron chi connectivity index (χ1n) is 37.5. The number of hydrogen-bond donors (Lipinski definition) is 4. The summed E-state index contributed by atoms with van der Waals surface area (Å²) >= 11 is 6.25. The monoisotopic (exact) mass is 1510 g/mol. The summed E-state index contributed by atoms with van der Waals surface area (Å²) in [4.78, 5) is 74.9. The molecule has 4 amide bonds. The predicted molar refractivity (Wildman–Crippen MR) is 391 cm³/mol. The van der Waals surface area contributed by atoms with Crippen LogP contribution in [-0.2, 0) is 19.2 Å². The van der Waals surface area contributed by atoms with Crippen LogP contribution in [0.25, 0.3) is 45.6 Å². The van der Waals surface area contributed by atoms with Crippen molar-refractivity contribution in [2.24, 2.45) is 40.7 Å². The summed E-state index contributed by atoms with van der Waals surface area (Å²) in [5.74, 6) is -2.27. The number of benzene rings is 4. The Balaban J connectivity index is 0.000000135.